The highest BCUT2D eigenvalue weighted by atomic mass is 79.9. The Kier molecular flexibility index (Phi) is 6.22. The van der Waals surface area contributed by atoms with Crippen molar-refractivity contribution in [2.75, 3.05) is 13.1 Å². The molecule has 0 saturated carbocycles. The monoisotopic (exact) mass is 298 g/mol. The van der Waals surface area contributed by atoms with Gasteiger partial charge >= 0.3 is 0 Å². The van der Waals surface area contributed by atoms with Gasteiger partial charge in [0.2, 0.25) is 5.91 Å². The van der Waals surface area contributed by atoms with Crippen LogP contribution in [0.4, 0.5) is 0 Å². The molecule has 0 radical (unpaired) electrons. The first kappa shape index (κ1) is 14.2. The molecule has 0 aliphatic rings. The van der Waals surface area contributed by atoms with Gasteiger partial charge in [-0.15, -0.1) is 0 Å². The maximum absolute atomic E-state index is 11.2. The Morgan fingerprint density at radius 1 is 1.41 bits per heavy atom. The molecule has 1 amide bonds. The van der Waals surface area contributed by atoms with Crippen LogP contribution in [-0.4, -0.2) is 19.0 Å². The highest BCUT2D eigenvalue weighted by Gasteiger charge is 2.00. The number of carbonyl (C=O) groups is 1. The summed E-state index contributed by atoms with van der Waals surface area (Å²) < 4.78 is 1.13. The van der Waals surface area contributed by atoms with E-state index in [4.69, 9.17) is 0 Å². The maximum atomic E-state index is 11.2. The first-order valence-corrected chi connectivity index (χ1v) is 6.65. The van der Waals surface area contributed by atoms with Crippen LogP contribution in [0.25, 0.3) is 0 Å². The van der Waals surface area contributed by atoms with Crippen molar-refractivity contribution in [2.24, 2.45) is 0 Å². The number of amides is 1. The molecule has 0 aliphatic heterocycles. The molecule has 4 heteroatoms. The van der Waals surface area contributed by atoms with E-state index in [1.54, 1.807) is 0 Å². The van der Waals surface area contributed by atoms with E-state index >= 15 is 0 Å². The first-order valence-electron chi connectivity index (χ1n) is 5.86. The summed E-state index contributed by atoms with van der Waals surface area (Å²) in [6.07, 6.45) is 0.529. The standard InChI is InChI=1S/C13H19BrN2O/c1-3-16-13(17)6-7-15-9-11-5-4-10(2)12(14)8-11/h4-5,8,15H,3,6-7,9H2,1-2H3,(H,16,17). The van der Waals surface area contributed by atoms with Gasteiger partial charge in [-0.3, -0.25) is 4.79 Å². The Bertz CT molecular complexity index is 380. The number of rotatable bonds is 6. The van der Waals surface area contributed by atoms with E-state index < -0.39 is 0 Å². The molecule has 0 fully saturated rings. The summed E-state index contributed by atoms with van der Waals surface area (Å²) in [4.78, 5) is 11.2. The minimum absolute atomic E-state index is 0.102. The number of aryl methyl sites for hydroxylation is 1. The maximum Gasteiger partial charge on any atom is 0.221 e. The molecule has 0 aromatic heterocycles. The van der Waals surface area contributed by atoms with Crippen molar-refractivity contribution in [3.63, 3.8) is 0 Å². The highest BCUT2D eigenvalue weighted by Crippen LogP contribution is 2.17. The number of hydrogen-bond acceptors (Lipinski definition) is 2. The molecule has 0 heterocycles. The van der Waals surface area contributed by atoms with Gasteiger partial charge in [0.15, 0.2) is 0 Å². The van der Waals surface area contributed by atoms with Crippen molar-refractivity contribution in [3.05, 3.63) is 33.8 Å². The minimum atomic E-state index is 0.102. The minimum Gasteiger partial charge on any atom is -0.356 e. The number of hydrogen-bond donors (Lipinski definition) is 2. The molecular weight excluding hydrogens is 280 g/mol. The zero-order chi connectivity index (χ0) is 12.7. The van der Waals surface area contributed by atoms with Gasteiger partial charge in [-0.2, -0.15) is 0 Å². The lowest BCUT2D eigenvalue weighted by Crippen LogP contribution is -2.27. The topological polar surface area (TPSA) is 41.1 Å². The first-order chi connectivity index (χ1) is 8.13. The molecule has 0 aliphatic carbocycles. The lowest BCUT2D eigenvalue weighted by molar-refractivity contribution is -0.120. The van der Waals surface area contributed by atoms with Gasteiger partial charge in [0.1, 0.15) is 0 Å². The van der Waals surface area contributed by atoms with Gasteiger partial charge in [-0.05, 0) is 31.0 Å². The summed E-state index contributed by atoms with van der Waals surface area (Å²) in [7, 11) is 0. The quantitative estimate of drug-likeness (QED) is 0.792. The molecule has 1 rings (SSSR count). The van der Waals surface area contributed by atoms with E-state index in [9.17, 15) is 4.79 Å². The van der Waals surface area contributed by atoms with E-state index in [-0.39, 0.29) is 5.91 Å². The van der Waals surface area contributed by atoms with E-state index in [1.165, 1.54) is 11.1 Å². The molecule has 0 saturated heterocycles. The van der Waals surface area contributed by atoms with Crippen molar-refractivity contribution >= 4 is 21.8 Å². The number of carbonyl (C=O) groups excluding carboxylic acids is 1. The highest BCUT2D eigenvalue weighted by molar-refractivity contribution is 9.10. The average Bonchev–Trinajstić information content (AvgIpc) is 2.29. The molecule has 0 bridgehead atoms. The molecule has 0 spiro atoms. The van der Waals surface area contributed by atoms with E-state index in [0.717, 1.165) is 11.0 Å². The van der Waals surface area contributed by atoms with Gasteiger partial charge in [0.25, 0.3) is 0 Å². The molecule has 0 unspecified atom stereocenters. The van der Waals surface area contributed by atoms with Crippen molar-refractivity contribution in [1.82, 2.24) is 10.6 Å². The molecule has 2 N–H and O–H groups in total. The Balaban J connectivity index is 2.26. The molecule has 17 heavy (non-hydrogen) atoms. The average molecular weight is 299 g/mol. The van der Waals surface area contributed by atoms with Gasteiger partial charge < -0.3 is 10.6 Å². The SMILES string of the molecule is CCNC(=O)CCNCc1ccc(C)c(Br)c1. The zero-order valence-corrected chi connectivity index (χ0v) is 11.9. The lowest BCUT2D eigenvalue weighted by atomic mass is 10.1. The van der Waals surface area contributed by atoms with Crippen LogP contribution in [0.5, 0.6) is 0 Å². The second-order valence-electron chi connectivity index (χ2n) is 3.96. The summed E-state index contributed by atoms with van der Waals surface area (Å²) in [6.45, 7) is 6.19. The third kappa shape index (κ3) is 5.33. The van der Waals surface area contributed by atoms with Gasteiger partial charge in [-0.1, -0.05) is 28.1 Å². The Hall–Kier alpha value is -0.870. The van der Waals surface area contributed by atoms with Crippen LogP contribution < -0.4 is 10.6 Å². The van der Waals surface area contributed by atoms with Crippen molar-refractivity contribution in [1.29, 1.82) is 0 Å². The van der Waals surface area contributed by atoms with E-state index in [1.807, 2.05) is 6.92 Å². The molecule has 94 valence electrons. The van der Waals surface area contributed by atoms with Crippen molar-refractivity contribution in [2.45, 2.75) is 26.8 Å². The lowest BCUT2D eigenvalue weighted by Gasteiger charge is -2.06. The smallest absolute Gasteiger partial charge is 0.221 e. The molecule has 1 aromatic rings. The van der Waals surface area contributed by atoms with Crippen LogP contribution in [0.2, 0.25) is 0 Å². The van der Waals surface area contributed by atoms with E-state index in [2.05, 4.69) is 51.7 Å². The third-order valence-electron chi connectivity index (χ3n) is 2.47. The largest absolute Gasteiger partial charge is 0.356 e. The summed E-state index contributed by atoms with van der Waals surface area (Å²) in [6, 6.07) is 6.29. The second-order valence-corrected chi connectivity index (χ2v) is 4.82. The van der Waals surface area contributed by atoms with Crippen LogP contribution in [0, 0.1) is 6.92 Å². The van der Waals surface area contributed by atoms with Crippen LogP contribution in [0.3, 0.4) is 0 Å². The second kappa shape index (κ2) is 7.45. The van der Waals surface area contributed by atoms with Crippen molar-refractivity contribution in [3.8, 4) is 0 Å². The van der Waals surface area contributed by atoms with Gasteiger partial charge in [-0.25, -0.2) is 0 Å². The zero-order valence-electron chi connectivity index (χ0n) is 10.3. The Morgan fingerprint density at radius 2 is 2.18 bits per heavy atom. The summed E-state index contributed by atoms with van der Waals surface area (Å²) >= 11 is 3.51. The predicted octanol–water partition coefficient (Wildman–Crippen LogP) is 2.37. The number of benzene rings is 1. The summed E-state index contributed by atoms with van der Waals surface area (Å²) in [5, 5.41) is 6.03. The molecule has 3 nitrogen and oxygen atoms in total. The fourth-order valence-electron chi connectivity index (χ4n) is 1.47. The fourth-order valence-corrected chi connectivity index (χ4v) is 1.89. The molecule has 0 atom stereocenters. The molecule has 1 aromatic carbocycles. The normalized spacial score (nSPS) is 10.3. The summed E-state index contributed by atoms with van der Waals surface area (Å²) in [5.74, 6) is 0.102. The van der Waals surface area contributed by atoms with Crippen LogP contribution in [-0.2, 0) is 11.3 Å². The van der Waals surface area contributed by atoms with Gasteiger partial charge in [0, 0.05) is 30.5 Å². The third-order valence-corrected chi connectivity index (χ3v) is 3.32. The number of halogens is 1. The fraction of sp³-hybridized carbons (Fsp3) is 0.462. The van der Waals surface area contributed by atoms with Crippen LogP contribution >= 0.6 is 15.9 Å². The molecular formula is C13H19BrN2O. The van der Waals surface area contributed by atoms with E-state index in [0.29, 0.717) is 19.5 Å². The Labute approximate surface area is 111 Å². The number of nitrogens with one attached hydrogen (secondary N) is 2. The van der Waals surface area contributed by atoms with Gasteiger partial charge in [0.05, 0.1) is 0 Å². The van der Waals surface area contributed by atoms with Crippen LogP contribution in [0.1, 0.15) is 24.5 Å². The Morgan fingerprint density at radius 3 is 2.82 bits per heavy atom. The van der Waals surface area contributed by atoms with Crippen LogP contribution in [0.15, 0.2) is 22.7 Å². The summed E-state index contributed by atoms with van der Waals surface area (Å²) in [5.41, 5.74) is 2.45. The predicted molar refractivity (Wildman–Crippen MR) is 73.9 cm³/mol. The van der Waals surface area contributed by atoms with Crippen molar-refractivity contribution < 1.29 is 4.79 Å².